The molecule has 0 aromatic carbocycles. The Morgan fingerprint density at radius 2 is 1.75 bits per heavy atom. The van der Waals surface area contributed by atoms with Crippen LogP contribution in [-0.4, -0.2) is 10.7 Å². The molecule has 1 N–H and O–H groups in total. The number of fused-ring (bicyclic) bond motifs is 1. The average Bonchev–Trinajstić information content (AvgIpc) is 2.17. The fourth-order valence-corrected chi connectivity index (χ4v) is 4.20. The largest absolute Gasteiger partial charge is 0.390 e. The average molecular weight is 223 g/mol. The van der Waals surface area contributed by atoms with Crippen molar-refractivity contribution in [3.8, 4) is 0 Å². The molecule has 0 spiro atoms. The Morgan fingerprint density at radius 1 is 1.12 bits per heavy atom. The van der Waals surface area contributed by atoms with E-state index < -0.39 is 5.60 Å². The van der Waals surface area contributed by atoms with Crippen LogP contribution in [0.1, 0.15) is 53.4 Å². The van der Waals surface area contributed by atoms with Gasteiger partial charge < -0.3 is 5.11 Å². The van der Waals surface area contributed by atoms with E-state index in [-0.39, 0.29) is 5.92 Å². The maximum atomic E-state index is 10.4. The molecular weight excluding hydrogens is 196 g/mol. The second kappa shape index (κ2) is 3.73. The third-order valence-electron chi connectivity index (χ3n) is 5.59. The maximum absolute atomic E-state index is 10.4. The number of hydrogen-bond acceptors (Lipinski definition) is 1. The fourth-order valence-electron chi connectivity index (χ4n) is 4.20. The molecule has 5 unspecified atom stereocenters. The Hall–Kier alpha value is -0.0400. The van der Waals surface area contributed by atoms with Gasteiger partial charge in [0.1, 0.15) is 0 Å². The van der Waals surface area contributed by atoms with Crippen LogP contribution in [0.3, 0.4) is 0 Å². The van der Waals surface area contributed by atoms with Gasteiger partial charge in [-0.1, -0.05) is 20.8 Å². The van der Waals surface area contributed by atoms with Gasteiger partial charge in [-0.15, -0.1) is 0 Å². The number of aliphatic hydroxyl groups is 1. The molecule has 2 aliphatic rings. The van der Waals surface area contributed by atoms with Crippen LogP contribution in [0.25, 0.3) is 0 Å². The highest BCUT2D eigenvalue weighted by Crippen LogP contribution is 2.56. The standard InChI is InChI=1S/C15H27O/c1-10-6-8-14(3,4)12-7-9-15(5,16)11(2)13(10)12/h10-13,16H,2,6-9H2,1,3-5H3. The van der Waals surface area contributed by atoms with Crippen LogP contribution in [0.15, 0.2) is 0 Å². The first kappa shape index (κ1) is 12.4. The molecule has 0 aliphatic heterocycles. The van der Waals surface area contributed by atoms with E-state index in [0.717, 1.165) is 18.3 Å². The molecule has 1 radical (unpaired) electrons. The first-order valence-electron chi connectivity index (χ1n) is 6.81. The Balaban J connectivity index is 2.28. The van der Waals surface area contributed by atoms with E-state index in [0.29, 0.717) is 11.3 Å². The summed E-state index contributed by atoms with van der Waals surface area (Å²) in [6.07, 6.45) is 4.75. The van der Waals surface area contributed by atoms with Crippen molar-refractivity contribution in [3.05, 3.63) is 6.92 Å². The van der Waals surface area contributed by atoms with E-state index in [1.807, 2.05) is 6.92 Å². The highest BCUT2D eigenvalue weighted by Gasteiger charge is 2.51. The lowest BCUT2D eigenvalue weighted by molar-refractivity contribution is -0.118. The van der Waals surface area contributed by atoms with Crippen LogP contribution in [-0.2, 0) is 0 Å². The van der Waals surface area contributed by atoms with Gasteiger partial charge in [0.05, 0.1) is 5.60 Å². The van der Waals surface area contributed by atoms with Gasteiger partial charge in [0.15, 0.2) is 0 Å². The van der Waals surface area contributed by atoms with Crippen molar-refractivity contribution in [1.29, 1.82) is 0 Å². The second-order valence-corrected chi connectivity index (χ2v) is 7.19. The molecule has 5 atom stereocenters. The summed E-state index contributed by atoms with van der Waals surface area (Å²) in [4.78, 5) is 0. The lowest BCUT2D eigenvalue weighted by atomic mass is 9.50. The quantitative estimate of drug-likeness (QED) is 0.664. The van der Waals surface area contributed by atoms with Crippen LogP contribution >= 0.6 is 0 Å². The van der Waals surface area contributed by atoms with Gasteiger partial charge in [0, 0.05) is 0 Å². The summed E-state index contributed by atoms with van der Waals surface area (Å²) in [5.74, 6) is 2.32. The fraction of sp³-hybridized carbons (Fsp3) is 0.933. The molecule has 2 aliphatic carbocycles. The van der Waals surface area contributed by atoms with Crippen molar-refractivity contribution < 1.29 is 5.11 Å². The van der Waals surface area contributed by atoms with Gasteiger partial charge in [-0.25, -0.2) is 0 Å². The van der Waals surface area contributed by atoms with Gasteiger partial charge in [0.25, 0.3) is 0 Å². The molecule has 0 aromatic rings. The maximum Gasteiger partial charge on any atom is 0.0650 e. The summed E-state index contributed by atoms with van der Waals surface area (Å²) in [6.45, 7) is 13.4. The highest BCUT2D eigenvalue weighted by molar-refractivity contribution is 5.03. The van der Waals surface area contributed by atoms with Crippen LogP contribution in [0.4, 0.5) is 0 Å². The summed E-state index contributed by atoms with van der Waals surface area (Å²) in [5.41, 5.74) is -0.0908. The van der Waals surface area contributed by atoms with E-state index in [4.69, 9.17) is 0 Å². The first-order valence-corrected chi connectivity index (χ1v) is 6.81. The van der Waals surface area contributed by atoms with Gasteiger partial charge in [-0.05, 0) is 68.6 Å². The molecule has 0 amide bonds. The molecular formula is C15H27O. The first-order chi connectivity index (χ1) is 7.26. The molecule has 0 bridgehead atoms. The topological polar surface area (TPSA) is 20.2 Å². The van der Waals surface area contributed by atoms with Crippen molar-refractivity contribution >= 4 is 0 Å². The van der Waals surface area contributed by atoms with E-state index >= 15 is 0 Å². The third kappa shape index (κ3) is 1.81. The minimum Gasteiger partial charge on any atom is -0.390 e. The summed E-state index contributed by atoms with van der Waals surface area (Å²) < 4.78 is 0. The van der Waals surface area contributed by atoms with Crippen molar-refractivity contribution in [2.75, 3.05) is 0 Å². The van der Waals surface area contributed by atoms with Gasteiger partial charge >= 0.3 is 0 Å². The van der Waals surface area contributed by atoms with Crippen LogP contribution in [0, 0.1) is 36.0 Å². The second-order valence-electron chi connectivity index (χ2n) is 7.19. The van der Waals surface area contributed by atoms with Crippen molar-refractivity contribution in [3.63, 3.8) is 0 Å². The molecule has 1 nitrogen and oxygen atoms in total. The van der Waals surface area contributed by atoms with E-state index in [9.17, 15) is 5.11 Å². The SMILES string of the molecule is [CH2]C1C2C(C)CCC(C)(C)C2CCC1(C)O. The predicted molar refractivity (Wildman–Crippen MR) is 67.9 cm³/mol. The zero-order valence-electron chi connectivity index (χ0n) is 11.3. The van der Waals surface area contributed by atoms with Gasteiger partial charge in [-0.3, -0.25) is 0 Å². The lowest BCUT2D eigenvalue weighted by Crippen LogP contribution is -2.53. The molecule has 1 heteroatoms. The van der Waals surface area contributed by atoms with Crippen molar-refractivity contribution in [1.82, 2.24) is 0 Å². The summed E-state index contributed by atoms with van der Waals surface area (Å²) >= 11 is 0. The predicted octanol–water partition coefficient (Wildman–Crippen LogP) is 3.67. The molecule has 0 aromatic heterocycles. The molecule has 0 saturated heterocycles. The Bertz CT molecular complexity index is 267. The Labute approximate surface area is 101 Å². The zero-order valence-corrected chi connectivity index (χ0v) is 11.3. The Kier molecular flexibility index (Phi) is 2.89. The lowest BCUT2D eigenvalue weighted by Gasteiger charge is -2.56. The molecule has 0 heterocycles. The summed E-state index contributed by atoms with van der Waals surface area (Å²) in [7, 11) is 0. The van der Waals surface area contributed by atoms with E-state index in [1.165, 1.54) is 19.3 Å². The van der Waals surface area contributed by atoms with Crippen LogP contribution < -0.4 is 0 Å². The van der Waals surface area contributed by atoms with Gasteiger partial charge in [0.2, 0.25) is 0 Å². The van der Waals surface area contributed by atoms with Crippen molar-refractivity contribution in [2.45, 2.75) is 59.0 Å². The van der Waals surface area contributed by atoms with Gasteiger partial charge in [-0.2, -0.15) is 0 Å². The molecule has 2 saturated carbocycles. The third-order valence-corrected chi connectivity index (χ3v) is 5.59. The zero-order chi connectivity index (χ0) is 12.1. The smallest absolute Gasteiger partial charge is 0.0650 e. The van der Waals surface area contributed by atoms with E-state index in [2.05, 4.69) is 27.7 Å². The summed E-state index contributed by atoms with van der Waals surface area (Å²) in [5, 5.41) is 10.4. The highest BCUT2D eigenvalue weighted by atomic mass is 16.3. The van der Waals surface area contributed by atoms with E-state index in [1.54, 1.807) is 0 Å². The molecule has 2 rings (SSSR count). The normalized spacial score (nSPS) is 52.1. The molecule has 16 heavy (non-hydrogen) atoms. The molecule has 2 fully saturated rings. The molecule has 93 valence electrons. The van der Waals surface area contributed by atoms with Crippen molar-refractivity contribution in [2.24, 2.45) is 29.1 Å². The number of hydrogen-bond donors (Lipinski definition) is 1. The monoisotopic (exact) mass is 223 g/mol. The van der Waals surface area contributed by atoms with Crippen LogP contribution in [0.5, 0.6) is 0 Å². The number of rotatable bonds is 0. The van der Waals surface area contributed by atoms with Crippen LogP contribution in [0.2, 0.25) is 0 Å². The summed E-state index contributed by atoms with van der Waals surface area (Å²) in [6, 6.07) is 0. The minimum absolute atomic E-state index is 0.209. The Morgan fingerprint density at radius 3 is 2.38 bits per heavy atom. The minimum atomic E-state index is -0.539.